The highest BCUT2D eigenvalue weighted by molar-refractivity contribution is 4.98. The summed E-state index contributed by atoms with van der Waals surface area (Å²) in [7, 11) is 0. The van der Waals surface area contributed by atoms with E-state index in [1.54, 1.807) is 0 Å². The molecule has 0 aromatic rings. The zero-order valence-electron chi connectivity index (χ0n) is 9.05. The maximum atomic E-state index is 8.64. The largest absolute Gasteiger partial charge is 0.304 e. The summed E-state index contributed by atoms with van der Waals surface area (Å²) < 4.78 is 0. The van der Waals surface area contributed by atoms with Gasteiger partial charge >= 0.3 is 0 Å². The fourth-order valence-electron chi connectivity index (χ4n) is 2.22. The van der Waals surface area contributed by atoms with Gasteiger partial charge in [-0.1, -0.05) is 25.3 Å². The van der Waals surface area contributed by atoms with Crippen LogP contribution >= 0.6 is 0 Å². The molecule has 0 saturated heterocycles. The van der Waals surface area contributed by atoms with Gasteiger partial charge in [0.05, 0.1) is 12.5 Å². The first-order valence-electron chi connectivity index (χ1n) is 5.47. The highest BCUT2D eigenvalue weighted by Crippen LogP contribution is 2.28. The van der Waals surface area contributed by atoms with Gasteiger partial charge in [-0.3, -0.25) is 0 Å². The van der Waals surface area contributed by atoms with E-state index in [4.69, 9.17) is 5.26 Å². The van der Waals surface area contributed by atoms with E-state index in [0.717, 1.165) is 0 Å². The van der Waals surface area contributed by atoms with Gasteiger partial charge in [-0.2, -0.15) is 5.26 Å². The van der Waals surface area contributed by atoms with Crippen molar-refractivity contribution in [2.24, 2.45) is 0 Å². The summed E-state index contributed by atoms with van der Waals surface area (Å²) in [6.07, 6.45) is 8.79. The SMILES string of the molecule is C=CC(CC#N)NC1(C)CCCCC1. The minimum Gasteiger partial charge on any atom is -0.304 e. The van der Waals surface area contributed by atoms with Crippen molar-refractivity contribution in [2.75, 3.05) is 0 Å². The summed E-state index contributed by atoms with van der Waals surface area (Å²) in [5, 5.41) is 12.2. The van der Waals surface area contributed by atoms with Gasteiger partial charge in [0.1, 0.15) is 0 Å². The van der Waals surface area contributed by atoms with Crippen LogP contribution in [0.15, 0.2) is 12.7 Å². The summed E-state index contributed by atoms with van der Waals surface area (Å²) >= 11 is 0. The van der Waals surface area contributed by atoms with Crippen molar-refractivity contribution in [1.82, 2.24) is 5.32 Å². The number of nitriles is 1. The van der Waals surface area contributed by atoms with Gasteiger partial charge in [-0.05, 0) is 19.8 Å². The molecule has 1 saturated carbocycles. The number of hydrogen-bond donors (Lipinski definition) is 1. The second-order valence-corrected chi connectivity index (χ2v) is 4.47. The molecule has 1 unspecified atom stereocenters. The van der Waals surface area contributed by atoms with Crippen LogP contribution in [0.3, 0.4) is 0 Å². The average molecular weight is 192 g/mol. The van der Waals surface area contributed by atoms with Crippen LogP contribution in [-0.4, -0.2) is 11.6 Å². The maximum Gasteiger partial charge on any atom is 0.0641 e. The molecule has 1 aliphatic rings. The van der Waals surface area contributed by atoms with Crippen LogP contribution in [0.5, 0.6) is 0 Å². The molecule has 2 nitrogen and oxygen atoms in total. The van der Waals surface area contributed by atoms with Crippen LogP contribution in [0.25, 0.3) is 0 Å². The van der Waals surface area contributed by atoms with E-state index in [1.165, 1.54) is 32.1 Å². The van der Waals surface area contributed by atoms with E-state index in [1.807, 2.05) is 6.08 Å². The fraction of sp³-hybridized carbons (Fsp3) is 0.750. The summed E-state index contributed by atoms with van der Waals surface area (Å²) in [4.78, 5) is 0. The molecular weight excluding hydrogens is 172 g/mol. The summed E-state index contributed by atoms with van der Waals surface area (Å²) in [5.41, 5.74) is 0.230. The Morgan fingerprint density at radius 3 is 2.64 bits per heavy atom. The Balaban J connectivity index is 2.47. The molecule has 1 rings (SSSR count). The quantitative estimate of drug-likeness (QED) is 0.695. The van der Waals surface area contributed by atoms with E-state index in [-0.39, 0.29) is 11.6 Å². The number of nitrogens with one attached hydrogen (secondary N) is 1. The minimum absolute atomic E-state index is 0.156. The molecule has 1 aliphatic carbocycles. The van der Waals surface area contributed by atoms with E-state index in [0.29, 0.717) is 6.42 Å². The first-order chi connectivity index (χ1) is 6.70. The van der Waals surface area contributed by atoms with Crippen molar-refractivity contribution in [3.05, 3.63) is 12.7 Å². The molecule has 78 valence electrons. The topological polar surface area (TPSA) is 35.8 Å². The van der Waals surface area contributed by atoms with Crippen LogP contribution in [0.2, 0.25) is 0 Å². The van der Waals surface area contributed by atoms with Gasteiger partial charge in [0.25, 0.3) is 0 Å². The van der Waals surface area contributed by atoms with Gasteiger partial charge < -0.3 is 5.32 Å². The van der Waals surface area contributed by atoms with Gasteiger partial charge in [0.2, 0.25) is 0 Å². The first-order valence-corrected chi connectivity index (χ1v) is 5.47. The lowest BCUT2D eigenvalue weighted by Crippen LogP contribution is -2.48. The number of nitrogens with zero attached hydrogens (tertiary/aromatic N) is 1. The van der Waals surface area contributed by atoms with Gasteiger partial charge in [-0.15, -0.1) is 6.58 Å². The van der Waals surface area contributed by atoms with Gasteiger partial charge in [0, 0.05) is 11.6 Å². The lowest BCUT2D eigenvalue weighted by molar-refractivity contribution is 0.241. The molecule has 0 amide bonds. The molecule has 0 aromatic carbocycles. The molecule has 0 heterocycles. The highest BCUT2D eigenvalue weighted by Gasteiger charge is 2.27. The van der Waals surface area contributed by atoms with E-state index in [9.17, 15) is 0 Å². The third-order valence-electron chi connectivity index (χ3n) is 3.09. The van der Waals surface area contributed by atoms with Crippen molar-refractivity contribution in [2.45, 2.75) is 57.0 Å². The Labute approximate surface area is 87.0 Å². The summed E-state index contributed by atoms with van der Waals surface area (Å²) in [5.74, 6) is 0. The van der Waals surface area contributed by atoms with Crippen LogP contribution in [0.4, 0.5) is 0 Å². The third kappa shape index (κ3) is 3.16. The molecule has 14 heavy (non-hydrogen) atoms. The zero-order valence-corrected chi connectivity index (χ0v) is 9.05. The first kappa shape index (κ1) is 11.3. The lowest BCUT2D eigenvalue weighted by atomic mass is 9.82. The van der Waals surface area contributed by atoms with Gasteiger partial charge in [-0.25, -0.2) is 0 Å². The van der Waals surface area contributed by atoms with E-state index in [2.05, 4.69) is 24.9 Å². The molecule has 1 N–H and O–H groups in total. The third-order valence-corrected chi connectivity index (χ3v) is 3.09. The molecule has 1 fully saturated rings. The number of hydrogen-bond acceptors (Lipinski definition) is 2. The molecular formula is C12H20N2. The molecule has 0 aromatic heterocycles. The second-order valence-electron chi connectivity index (χ2n) is 4.47. The molecule has 0 aliphatic heterocycles. The standard InChI is InChI=1S/C12H20N2/c1-3-11(7-10-13)14-12(2)8-5-4-6-9-12/h3,11,14H,1,4-9H2,2H3. The fourth-order valence-corrected chi connectivity index (χ4v) is 2.22. The van der Waals surface area contributed by atoms with Crippen LogP contribution < -0.4 is 5.32 Å². The lowest BCUT2D eigenvalue weighted by Gasteiger charge is -2.37. The van der Waals surface area contributed by atoms with E-state index < -0.39 is 0 Å². The Hall–Kier alpha value is -0.810. The maximum absolute atomic E-state index is 8.64. The summed E-state index contributed by atoms with van der Waals surface area (Å²) in [6, 6.07) is 2.35. The number of rotatable bonds is 4. The Morgan fingerprint density at radius 1 is 1.50 bits per heavy atom. The van der Waals surface area contributed by atoms with Crippen LogP contribution in [0.1, 0.15) is 45.4 Å². The predicted molar refractivity (Wildman–Crippen MR) is 58.8 cm³/mol. The zero-order chi connectivity index (χ0) is 10.4. The monoisotopic (exact) mass is 192 g/mol. The molecule has 0 bridgehead atoms. The molecule has 2 heteroatoms. The van der Waals surface area contributed by atoms with Crippen LogP contribution in [-0.2, 0) is 0 Å². The molecule has 0 spiro atoms. The van der Waals surface area contributed by atoms with Crippen molar-refractivity contribution >= 4 is 0 Å². The normalized spacial score (nSPS) is 22.3. The molecule has 1 atom stereocenters. The minimum atomic E-state index is 0.156. The Morgan fingerprint density at radius 2 is 2.14 bits per heavy atom. The summed E-state index contributed by atoms with van der Waals surface area (Å²) in [6.45, 7) is 6.03. The van der Waals surface area contributed by atoms with Crippen molar-refractivity contribution < 1.29 is 0 Å². The Kier molecular flexibility index (Phi) is 4.16. The smallest absolute Gasteiger partial charge is 0.0641 e. The highest BCUT2D eigenvalue weighted by atomic mass is 15.0. The van der Waals surface area contributed by atoms with Crippen molar-refractivity contribution in [3.8, 4) is 6.07 Å². The molecule has 0 radical (unpaired) electrons. The van der Waals surface area contributed by atoms with E-state index >= 15 is 0 Å². The van der Waals surface area contributed by atoms with Crippen LogP contribution in [0, 0.1) is 11.3 Å². The average Bonchev–Trinajstić information content (AvgIpc) is 2.18. The Bertz CT molecular complexity index is 221. The predicted octanol–water partition coefficient (Wildman–Crippen LogP) is 2.77. The van der Waals surface area contributed by atoms with Crippen molar-refractivity contribution in [1.29, 1.82) is 5.26 Å². The van der Waals surface area contributed by atoms with Gasteiger partial charge in [0.15, 0.2) is 0 Å². The second kappa shape index (κ2) is 5.17. The van der Waals surface area contributed by atoms with Crippen molar-refractivity contribution in [3.63, 3.8) is 0 Å².